The number of imidazole rings is 1. The predicted molar refractivity (Wildman–Crippen MR) is 144 cm³/mol. The van der Waals surface area contributed by atoms with Crippen LogP contribution in [0, 0.1) is 5.82 Å². The first kappa shape index (κ1) is 24.2. The van der Waals surface area contributed by atoms with E-state index in [-0.39, 0.29) is 11.7 Å². The molecule has 182 valence electrons. The van der Waals surface area contributed by atoms with Gasteiger partial charge in [0.05, 0.1) is 12.1 Å². The molecule has 3 aromatic heterocycles. The Kier molecular flexibility index (Phi) is 7.73. The van der Waals surface area contributed by atoms with Crippen LogP contribution in [0.15, 0.2) is 89.5 Å². The Morgan fingerprint density at radius 3 is 2.58 bits per heavy atom. The number of thiophene rings is 1. The Morgan fingerprint density at radius 1 is 1.00 bits per heavy atom. The van der Waals surface area contributed by atoms with Gasteiger partial charge in [-0.1, -0.05) is 42.1 Å². The lowest BCUT2D eigenvalue weighted by molar-refractivity contribution is 0.0953. The fourth-order valence-electron chi connectivity index (χ4n) is 3.90. The van der Waals surface area contributed by atoms with Gasteiger partial charge in [-0.05, 0) is 71.8 Å². The Bertz CT molecular complexity index is 1430. The second-order valence-corrected chi connectivity index (χ2v) is 10.4. The highest BCUT2D eigenvalue weighted by Gasteiger charge is 2.13. The Balaban J connectivity index is 1.24. The van der Waals surface area contributed by atoms with Crippen LogP contribution in [0.3, 0.4) is 0 Å². The van der Waals surface area contributed by atoms with Crippen molar-refractivity contribution in [2.45, 2.75) is 30.3 Å². The molecule has 1 N–H and O–H groups in total. The summed E-state index contributed by atoms with van der Waals surface area (Å²) in [6.45, 7) is 1.26. The number of amides is 1. The molecule has 5 aromatic rings. The fraction of sp³-hybridized carbons (Fsp3) is 0.179. The summed E-state index contributed by atoms with van der Waals surface area (Å²) in [5.74, 6) is 0.381. The molecule has 0 saturated carbocycles. The molecular formula is C28H25FN4OS2. The first-order valence-corrected chi connectivity index (χ1v) is 13.6. The van der Waals surface area contributed by atoms with Crippen LogP contribution >= 0.6 is 23.1 Å². The van der Waals surface area contributed by atoms with E-state index in [0.29, 0.717) is 30.1 Å². The Hall–Kier alpha value is -3.49. The lowest BCUT2D eigenvalue weighted by Crippen LogP contribution is -2.24. The van der Waals surface area contributed by atoms with E-state index in [1.54, 1.807) is 41.4 Å². The molecule has 0 bridgehead atoms. The van der Waals surface area contributed by atoms with Gasteiger partial charge in [0, 0.05) is 28.9 Å². The molecule has 8 heteroatoms. The van der Waals surface area contributed by atoms with E-state index in [0.717, 1.165) is 34.6 Å². The largest absolute Gasteiger partial charge is 0.352 e. The molecule has 2 aromatic carbocycles. The molecule has 0 spiro atoms. The van der Waals surface area contributed by atoms with Crippen LogP contribution in [0.2, 0.25) is 0 Å². The highest BCUT2D eigenvalue weighted by Crippen LogP contribution is 2.27. The summed E-state index contributed by atoms with van der Waals surface area (Å²) in [6.07, 6.45) is 3.64. The lowest BCUT2D eigenvalue weighted by atomic mass is 10.1. The standard InChI is InChI=1S/C28H25FN4OS2/c29-23-13-9-21(10-14-23)19-36-28-32-26-25(6-2-15-30-26)33(28)18-20-7-11-22(12-8-20)27(34)31-16-1-4-24-5-3-17-35-24/h2-3,5-15,17H,1,4,16,18-19H2,(H,31,34). The van der Waals surface area contributed by atoms with E-state index in [1.165, 1.54) is 17.0 Å². The highest BCUT2D eigenvalue weighted by atomic mass is 32.2. The number of nitrogens with one attached hydrogen (secondary N) is 1. The van der Waals surface area contributed by atoms with E-state index in [2.05, 4.69) is 32.4 Å². The highest BCUT2D eigenvalue weighted by molar-refractivity contribution is 7.98. The average molecular weight is 517 g/mol. The number of aromatic nitrogens is 3. The van der Waals surface area contributed by atoms with Crippen molar-refractivity contribution < 1.29 is 9.18 Å². The molecule has 1 amide bonds. The Labute approximate surface area is 217 Å². The van der Waals surface area contributed by atoms with Crippen molar-refractivity contribution in [2.24, 2.45) is 0 Å². The van der Waals surface area contributed by atoms with Gasteiger partial charge in [0.1, 0.15) is 5.82 Å². The normalized spacial score (nSPS) is 11.1. The number of nitrogens with zero attached hydrogens (tertiary/aromatic N) is 3. The predicted octanol–water partition coefficient (Wildman–Crippen LogP) is 6.34. The number of halogens is 1. The van der Waals surface area contributed by atoms with Gasteiger partial charge in [0.15, 0.2) is 10.8 Å². The molecule has 0 aliphatic rings. The zero-order valence-corrected chi connectivity index (χ0v) is 21.2. The topological polar surface area (TPSA) is 59.8 Å². The van der Waals surface area contributed by atoms with Gasteiger partial charge in [0.2, 0.25) is 0 Å². The van der Waals surface area contributed by atoms with Crippen LogP contribution in [0.1, 0.15) is 32.8 Å². The summed E-state index contributed by atoms with van der Waals surface area (Å²) in [6, 6.07) is 22.3. The first-order valence-electron chi connectivity index (χ1n) is 11.7. The third-order valence-electron chi connectivity index (χ3n) is 5.79. The number of thioether (sulfide) groups is 1. The van der Waals surface area contributed by atoms with Crippen molar-refractivity contribution in [3.8, 4) is 0 Å². The van der Waals surface area contributed by atoms with Gasteiger partial charge in [-0.3, -0.25) is 4.79 Å². The van der Waals surface area contributed by atoms with E-state index in [4.69, 9.17) is 4.98 Å². The van der Waals surface area contributed by atoms with Gasteiger partial charge in [-0.2, -0.15) is 0 Å². The number of carbonyl (C=O) groups is 1. The third-order valence-corrected chi connectivity index (χ3v) is 7.78. The van der Waals surface area contributed by atoms with Crippen molar-refractivity contribution in [1.29, 1.82) is 0 Å². The molecule has 5 nitrogen and oxygen atoms in total. The number of rotatable bonds is 10. The summed E-state index contributed by atoms with van der Waals surface area (Å²) >= 11 is 3.34. The van der Waals surface area contributed by atoms with Crippen LogP contribution in [0.25, 0.3) is 11.2 Å². The minimum Gasteiger partial charge on any atom is -0.352 e. The van der Waals surface area contributed by atoms with E-state index in [1.807, 2.05) is 36.4 Å². The van der Waals surface area contributed by atoms with Crippen molar-refractivity contribution >= 4 is 40.2 Å². The monoisotopic (exact) mass is 516 g/mol. The van der Waals surface area contributed by atoms with Gasteiger partial charge in [-0.15, -0.1) is 11.3 Å². The smallest absolute Gasteiger partial charge is 0.251 e. The molecule has 0 aliphatic carbocycles. The summed E-state index contributed by atoms with van der Waals surface area (Å²) < 4.78 is 15.4. The molecule has 0 unspecified atom stereocenters. The summed E-state index contributed by atoms with van der Waals surface area (Å²) in [5, 5.41) is 5.93. The van der Waals surface area contributed by atoms with Crippen molar-refractivity contribution in [3.63, 3.8) is 0 Å². The number of benzene rings is 2. The van der Waals surface area contributed by atoms with Gasteiger partial charge < -0.3 is 9.88 Å². The number of hydrogen-bond donors (Lipinski definition) is 1. The maximum Gasteiger partial charge on any atom is 0.251 e. The van der Waals surface area contributed by atoms with Crippen LogP contribution in [-0.4, -0.2) is 27.0 Å². The minimum absolute atomic E-state index is 0.0550. The second-order valence-electron chi connectivity index (χ2n) is 8.38. The lowest BCUT2D eigenvalue weighted by Gasteiger charge is -2.10. The summed E-state index contributed by atoms with van der Waals surface area (Å²) in [7, 11) is 0. The molecule has 0 aliphatic heterocycles. The molecular weight excluding hydrogens is 491 g/mol. The molecule has 0 atom stereocenters. The van der Waals surface area contributed by atoms with Gasteiger partial charge >= 0.3 is 0 Å². The maximum absolute atomic E-state index is 13.2. The van der Waals surface area contributed by atoms with Crippen molar-refractivity contribution in [3.05, 3.63) is 112 Å². The number of carbonyl (C=O) groups excluding carboxylic acids is 1. The number of aryl methyl sites for hydroxylation is 1. The van der Waals surface area contributed by atoms with Gasteiger partial charge in [-0.25, -0.2) is 14.4 Å². The van der Waals surface area contributed by atoms with E-state index >= 15 is 0 Å². The average Bonchev–Trinajstić information content (AvgIpc) is 3.55. The quantitative estimate of drug-likeness (QED) is 0.174. The van der Waals surface area contributed by atoms with E-state index in [9.17, 15) is 9.18 Å². The molecule has 36 heavy (non-hydrogen) atoms. The fourth-order valence-corrected chi connectivity index (χ4v) is 5.61. The Morgan fingerprint density at radius 2 is 1.81 bits per heavy atom. The summed E-state index contributed by atoms with van der Waals surface area (Å²) in [4.78, 5) is 23.0. The summed E-state index contributed by atoms with van der Waals surface area (Å²) in [5.41, 5.74) is 4.39. The molecule has 0 saturated heterocycles. The van der Waals surface area contributed by atoms with Crippen molar-refractivity contribution in [1.82, 2.24) is 19.9 Å². The van der Waals surface area contributed by atoms with Crippen LogP contribution < -0.4 is 5.32 Å². The maximum atomic E-state index is 13.2. The zero-order valence-electron chi connectivity index (χ0n) is 19.6. The van der Waals surface area contributed by atoms with Crippen LogP contribution in [-0.2, 0) is 18.7 Å². The zero-order chi connectivity index (χ0) is 24.7. The molecule has 5 rings (SSSR count). The van der Waals surface area contributed by atoms with Crippen molar-refractivity contribution in [2.75, 3.05) is 6.54 Å². The van der Waals surface area contributed by atoms with Gasteiger partial charge in [0.25, 0.3) is 5.91 Å². The molecule has 0 radical (unpaired) electrons. The molecule has 3 heterocycles. The number of pyridine rings is 1. The molecule has 0 fully saturated rings. The van der Waals surface area contributed by atoms with Crippen LogP contribution in [0.5, 0.6) is 0 Å². The first-order chi connectivity index (χ1) is 17.7. The van der Waals surface area contributed by atoms with Crippen LogP contribution in [0.4, 0.5) is 4.39 Å². The third kappa shape index (κ3) is 6.01. The SMILES string of the molecule is O=C(NCCCc1cccs1)c1ccc(Cn2c(SCc3ccc(F)cc3)nc3ncccc32)cc1. The number of fused-ring (bicyclic) bond motifs is 1. The second kappa shape index (κ2) is 11.5. The minimum atomic E-state index is -0.240. The van der Waals surface area contributed by atoms with E-state index < -0.39 is 0 Å². The number of hydrogen-bond acceptors (Lipinski definition) is 5.